The van der Waals surface area contributed by atoms with Crippen molar-refractivity contribution in [3.63, 3.8) is 0 Å². The largest absolute Gasteiger partial charge is 0.491 e. The summed E-state index contributed by atoms with van der Waals surface area (Å²) >= 11 is 0. The molecule has 0 spiro atoms. The first-order valence-electron chi connectivity index (χ1n) is 12.2. The van der Waals surface area contributed by atoms with E-state index in [2.05, 4.69) is 15.0 Å². The number of halogens is 3. The van der Waals surface area contributed by atoms with E-state index in [1.807, 2.05) is 0 Å². The Hall–Kier alpha value is -5.19. The highest BCUT2D eigenvalue weighted by Crippen LogP contribution is 2.34. The second-order valence-corrected chi connectivity index (χ2v) is 9.00. The fourth-order valence-corrected chi connectivity index (χ4v) is 4.35. The Balaban J connectivity index is 1.41. The number of methoxy groups -OCH3 is 2. The number of aromatic nitrogens is 3. The van der Waals surface area contributed by atoms with Crippen LogP contribution in [-0.2, 0) is 6.42 Å². The number of nitrogens with one attached hydrogen (secondary N) is 1. The summed E-state index contributed by atoms with van der Waals surface area (Å²) < 4.78 is 58.5. The molecule has 3 heterocycles. The number of ether oxygens (including phenoxy) is 3. The van der Waals surface area contributed by atoms with Crippen molar-refractivity contribution >= 4 is 16.8 Å². The standard InChI is InChI=1S/C30H22F3N3O5/c1-15-27(29(38)18(14-35-15)17-5-6-19(31)20(32)12-17)23(37)11-16-4-7-24(21(33)10-16)41-25-8-9-34-22-13-26(39-2)30(40-3)36-28(22)25/h4-10,12-14H,11H2,1-3H3,(H,35,38). The van der Waals surface area contributed by atoms with Crippen LogP contribution in [0.5, 0.6) is 23.1 Å². The van der Waals surface area contributed by atoms with Crippen LogP contribution in [0, 0.1) is 24.4 Å². The van der Waals surface area contributed by atoms with Crippen molar-refractivity contribution < 1.29 is 32.2 Å². The molecule has 0 aliphatic rings. The molecule has 0 fully saturated rings. The lowest BCUT2D eigenvalue weighted by atomic mass is 9.97. The topological polar surface area (TPSA) is 103 Å². The lowest BCUT2D eigenvalue weighted by Crippen LogP contribution is -2.21. The molecule has 5 rings (SSSR count). The quantitative estimate of drug-likeness (QED) is 0.234. The van der Waals surface area contributed by atoms with Crippen molar-refractivity contribution in [2.45, 2.75) is 13.3 Å². The summed E-state index contributed by atoms with van der Waals surface area (Å²) in [6.45, 7) is 1.54. The zero-order chi connectivity index (χ0) is 29.3. The van der Waals surface area contributed by atoms with Crippen molar-refractivity contribution in [1.29, 1.82) is 0 Å². The van der Waals surface area contributed by atoms with E-state index in [0.717, 1.165) is 18.2 Å². The molecule has 0 amide bonds. The third kappa shape index (κ3) is 5.33. The molecule has 0 aliphatic carbocycles. The number of nitrogens with zero attached hydrogens (tertiary/aromatic N) is 2. The molecule has 0 saturated heterocycles. The molecule has 3 aromatic heterocycles. The van der Waals surface area contributed by atoms with E-state index >= 15 is 4.39 Å². The number of hydrogen-bond donors (Lipinski definition) is 1. The predicted molar refractivity (Wildman–Crippen MR) is 144 cm³/mol. The molecule has 0 radical (unpaired) electrons. The molecule has 8 nitrogen and oxygen atoms in total. The summed E-state index contributed by atoms with van der Waals surface area (Å²) in [5.41, 5.74) is 0.639. The first-order chi connectivity index (χ1) is 19.7. The minimum atomic E-state index is -1.12. The van der Waals surface area contributed by atoms with Crippen molar-refractivity contribution in [3.05, 3.63) is 105 Å². The number of rotatable bonds is 8. The van der Waals surface area contributed by atoms with Gasteiger partial charge in [-0.1, -0.05) is 12.1 Å². The Labute approximate surface area is 231 Å². The van der Waals surface area contributed by atoms with Gasteiger partial charge in [-0.3, -0.25) is 14.6 Å². The number of ketones is 1. The second kappa shape index (κ2) is 11.1. The van der Waals surface area contributed by atoms with E-state index in [9.17, 15) is 18.4 Å². The smallest absolute Gasteiger partial charge is 0.257 e. The van der Waals surface area contributed by atoms with Gasteiger partial charge in [0.1, 0.15) is 5.52 Å². The van der Waals surface area contributed by atoms with Gasteiger partial charge < -0.3 is 19.2 Å². The molecule has 1 N–H and O–H groups in total. The number of carbonyl (C=O) groups excluding carboxylic acids is 1. The molecule has 2 aromatic carbocycles. The highest BCUT2D eigenvalue weighted by atomic mass is 19.2. The summed E-state index contributed by atoms with van der Waals surface area (Å²) in [6.07, 6.45) is 2.51. The van der Waals surface area contributed by atoms with Crippen LogP contribution in [0.25, 0.3) is 22.2 Å². The molecule has 11 heteroatoms. The first kappa shape index (κ1) is 27.4. The van der Waals surface area contributed by atoms with Gasteiger partial charge in [0.05, 0.1) is 25.3 Å². The number of fused-ring (bicyclic) bond motifs is 1. The minimum Gasteiger partial charge on any atom is -0.491 e. The molecule has 41 heavy (non-hydrogen) atoms. The zero-order valence-electron chi connectivity index (χ0n) is 22.1. The van der Waals surface area contributed by atoms with Crippen LogP contribution in [0.15, 0.2) is 65.7 Å². The van der Waals surface area contributed by atoms with E-state index < -0.39 is 28.7 Å². The maximum absolute atomic E-state index is 15.1. The molecule has 5 aromatic rings. The number of pyridine rings is 3. The molecule has 0 saturated carbocycles. The maximum atomic E-state index is 15.1. The number of Topliss-reactive ketones (excluding diaryl/α,β-unsaturated/α-hetero) is 1. The van der Waals surface area contributed by atoms with Gasteiger partial charge in [0.2, 0.25) is 0 Å². The Kier molecular flexibility index (Phi) is 7.43. The Morgan fingerprint density at radius 2 is 1.71 bits per heavy atom. The van der Waals surface area contributed by atoms with E-state index in [4.69, 9.17) is 14.2 Å². The summed E-state index contributed by atoms with van der Waals surface area (Å²) in [5.74, 6) is -2.85. The summed E-state index contributed by atoms with van der Waals surface area (Å²) in [6, 6.07) is 10.2. The number of aromatic amines is 1. The molecule has 208 valence electrons. The van der Waals surface area contributed by atoms with Gasteiger partial charge in [0.15, 0.2) is 45.9 Å². The summed E-state index contributed by atoms with van der Waals surface area (Å²) in [7, 11) is 2.90. The highest BCUT2D eigenvalue weighted by molar-refractivity contribution is 5.99. The Morgan fingerprint density at radius 3 is 2.41 bits per heavy atom. The van der Waals surface area contributed by atoms with Gasteiger partial charge in [-0.05, 0) is 42.3 Å². The third-order valence-electron chi connectivity index (χ3n) is 6.39. The van der Waals surface area contributed by atoms with Crippen LogP contribution >= 0.6 is 0 Å². The summed E-state index contributed by atoms with van der Waals surface area (Å²) in [5, 5.41) is 0. The van der Waals surface area contributed by atoms with Crippen LogP contribution < -0.4 is 19.6 Å². The average molecular weight is 562 g/mol. The normalized spacial score (nSPS) is 11.0. The van der Waals surface area contributed by atoms with E-state index in [0.29, 0.717) is 22.3 Å². The predicted octanol–water partition coefficient (Wildman–Crippen LogP) is 5.95. The van der Waals surface area contributed by atoms with Crippen LogP contribution in [-0.4, -0.2) is 35.0 Å². The van der Waals surface area contributed by atoms with Crippen molar-refractivity contribution in [2.24, 2.45) is 0 Å². The average Bonchev–Trinajstić information content (AvgIpc) is 2.95. The van der Waals surface area contributed by atoms with E-state index in [1.165, 1.54) is 50.9 Å². The minimum absolute atomic E-state index is 0.000200. The second-order valence-electron chi connectivity index (χ2n) is 9.00. The van der Waals surface area contributed by atoms with Crippen molar-refractivity contribution in [3.8, 4) is 34.3 Å². The highest BCUT2D eigenvalue weighted by Gasteiger charge is 2.20. The maximum Gasteiger partial charge on any atom is 0.257 e. The lowest BCUT2D eigenvalue weighted by Gasteiger charge is -2.12. The van der Waals surface area contributed by atoms with E-state index in [1.54, 1.807) is 13.0 Å². The van der Waals surface area contributed by atoms with Gasteiger partial charge >= 0.3 is 0 Å². The third-order valence-corrected chi connectivity index (χ3v) is 6.39. The molecule has 0 unspecified atom stereocenters. The fourth-order valence-electron chi connectivity index (χ4n) is 4.35. The zero-order valence-corrected chi connectivity index (χ0v) is 22.1. The number of aryl methyl sites for hydroxylation is 1. The van der Waals surface area contributed by atoms with Crippen LogP contribution in [0.2, 0.25) is 0 Å². The summed E-state index contributed by atoms with van der Waals surface area (Å²) in [4.78, 5) is 37.7. The Morgan fingerprint density at radius 1 is 0.902 bits per heavy atom. The monoisotopic (exact) mass is 561 g/mol. The Bertz CT molecular complexity index is 1870. The van der Waals surface area contributed by atoms with Gasteiger partial charge in [0.25, 0.3) is 5.88 Å². The van der Waals surface area contributed by atoms with Gasteiger partial charge in [-0.25, -0.2) is 18.2 Å². The molecular weight excluding hydrogens is 539 g/mol. The van der Waals surface area contributed by atoms with Gasteiger partial charge in [0, 0.05) is 42.2 Å². The first-order valence-corrected chi connectivity index (χ1v) is 12.2. The van der Waals surface area contributed by atoms with E-state index in [-0.39, 0.29) is 46.2 Å². The van der Waals surface area contributed by atoms with Gasteiger partial charge in [-0.2, -0.15) is 0 Å². The fraction of sp³-hybridized carbons (Fsp3) is 0.133. The van der Waals surface area contributed by atoms with Crippen molar-refractivity contribution in [1.82, 2.24) is 15.0 Å². The molecular formula is C30H22F3N3O5. The van der Waals surface area contributed by atoms with Crippen LogP contribution in [0.4, 0.5) is 13.2 Å². The van der Waals surface area contributed by atoms with Crippen LogP contribution in [0.1, 0.15) is 21.6 Å². The van der Waals surface area contributed by atoms with Gasteiger partial charge in [-0.15, -0.1) is 0 Å². The molecule has 0 atom stereocenters. The molecule has 0 bridgehead atoms. The SMILES string of the molecule is COc1cc2nccc(Oc3ccc(CC(=O)c4c(C)[nH]cc(-c5ccc(F)c(F)c5)c4=O)cc3F)c2nc1OC. The number of carbonyl (C=O) groups is 1. The number of hydrogen-bond acceptors (Lipinski definition) is 7. The van der Waals surface area contributed by atoms with Crippen LogP contribution in [0.3, 0.4) is 0 Å². The van der Waals surface area contributed by atoms with Crippen molar-refractivity contribution in [2.75, 3.05) is 14.2 Å². The number of benzene rings is 2. The lowest BCUT2D eigenvalue weighted by molar-refractivity contribution is 0.0991. The number of H-pyrrole nitrogens is 1. The molecule has 0 aliphatic heterocycles.